The molecule has 76 valence electrons. The molecule has 0 amide bonds. The summed E-state index contributed by atoms with van der Waals surface area (Å²) in [4.78, 5) is 11.7. The van der Waals surface area contributed by atoms with Gasteiger partial charge < -0.3 is 5.73 Å². The van der Waals surface area contributed by atoms with Crippen molar-refractivity contribution in [1.82, 2.24) is 0 Å². The normalized spacial score (nSPS) is 12.4. The highest BCUT2D eigenvalue weighted by molar-refractivity contribution is 5.96. The Balaban J connectivity index is 2.70. The molecular weight excluding hydrogens is 174 g/mol. The van der Waals surface area contributed by atoms with Crippen molar-refractivity contribution in [3.05, 3.63) is 29.8 Å². The molecule has 0 aliphatic heterocycles. The van der Waals surface area contributed by atoms with Gasteiger partial charge in [-0.3, -0.25) is 4.79 Å². The number of nitrogens with two attached hydrogens (primary N) is 1. The number of benzene rings is 1. The molecule has 0 radical (unpaired) electrons. The number of Topliss-reactive ketones (excluding diaryl/α,β-unsaturated/α-hetero) is 1. The topological polar surface area (TPSA) is 43.1 Å². The van der Waals surface area contributed by atoms with Crippen molar-refractivity contribution >= 4 is 11.5 Å². The van der Waals surface area contributed by atoms with E-state index in [2.05, 4.69) is 13.8 Å². The van der Waals surface area contributed by atoms with Crippen LogP contribution < -0.4 is 5.73 Å². The van der Waals surface area contributed by atoms with Crippen molar-refractivity contribution < 1.29 is 4.79 Å². The Morgan fingerprint density at radius 2 is 2.21 bits per heavy atom. The first kappa shape index (κ1) is 10.8. The third-order valence-electron chi connectivity index (χ3n) is 2.44. The van der Waals surface area contributed by atoms with Gasteiger partial charge in [-0.15, -0.1) is 0 Å². The van der Waals surface area contributed by atoms with E-state index in [0.717, 1.165) is 12.0 Å². The SMILES string of the molecule is CCC(C)CC(=O)c1cccc(N)c1. The number of carbonyl (C=O) groups excluding carboxylic acids is 1. The lowest BCUT2D eigenvalue weighted by atomic mass is 9.98. The van der Waals surface area contributed by atoms with Gasteiger partial charge in [-0.2, -0.15) is 0 Å². The summed E-state index contributed by atoms with van der Waals surface area (Å²) in [5, 5.41) is 0. The zero-order valence-corrected chi connectivity index (χ0v) is 8.79. The molecular formula is C12H17NO. The van der Waals surface area contributed by atoms with E-state index in [9.17, 15) is 4.79 Å². The van der Waals surface area contributed by atoms with Crippen LogP contribution in [0.3, 0.4) is 0 Å². The molecule has 0 aromatic heterocycles. The molecule has 1 aromatic rings. The zero-order chi connectivity index (χ0) is 10.6. The standard InChI is InChI=1S/C12H17NO/c1-3-9(2)7-12(14)10-5-4-6-11(13)8-10/h4-6,8-9H,3,7,13H2,1-2H3. The molecule has 2 N–H and O–H groups in total. The third-order valence-corrected chi connectivity index (χ3v) is 2.44. The average molecular weight is 191 g/mol. The van der Waals surface area contributed by atoms with Crippen LogP contribution in [-0.2, 0) is 0 Å². The lowest BCUT2D eigenvalue weighted by Crippen LogP contribution is -2.05. The number of hydrogen-bond acceptors (Lipinski definition) is 2. The first-order valence-corrected chi connectivity index (χ1v) is 5.02. The largest absolute Gasteiger partial charge is 0.399 e. The van der Waals surface area contributed by atoms with E-state index < -0.39 is 0 Å². The number of anilines is 1. The van der Waals surface area contributed by atoms with Crippen LogP contribution in [0, 0.1) is 5.92 Å². The van der Waals surface area contributed by atoms with E-state index in [4.69, 9.17) is 5.73 Å². The number of rotatable bonds is 4. The number of ketones is 1. The van der Waals surface area contributed by atoms with E-state index >= 15 is 0 Å². The molecule has 0 aliphatic carbocycles. The second kappa shape index (κ2) is 4.80. The molecule has 14 heavy (non-hydrogen) atoms. The molecule has 2 heteroatoms. The number of carbonyl (C=O) groups is 1. The van der Waals surface area contributed by atoms with Crippen molar-refractivity contribution in [2.75, 3.05) is 5.73 Å². The minimum atomic E-state index is 0.187. The maximum atomic E-state index is 11.7. The smallest absolute Gasteiger partial charge is 0.163 e. The Kier molecular flexibility index (Phi) is 3.69. The second-order valence-corrected chi connectivity index (χ2v) is 3.77. The molecule has 0 bridgehead atoms. The van der Waals surface area contributed by atoms with Gasteiger partial charge in [0.15, 0.2) is 5.78 Å². The predicted octanol–water partition coefficient (Wildman–Crippen LogP) is 2.89. The molecule has 0 fully saturated rings. The van der Waals surface area contributed by atoms with Gasteiger partial charge >= 0.3 is 0 Å². The fraction of sp³-hybridized carbons (Fsp3) is 0.417. The van der Waals surface area contributed by atoms with Gasteiger partial charge in [-0.05, 0) is 18.1 Å². The summed E-state index contributed by atoms with van der Waals surface area (Å²) in [6.07, 6.45) is 1.65. The second-order valence-electron chi connectivity index (χ2n) is 3.77. The fourth-order valence-corrected chi connectivity index (χ4v) is 1.29. The van der Waals surface area contributed by atoms with Gasteiger partial charge in [0, 0.05) is 17.7 Å². The summed E-state index contributed by atoms with van der Waals surface area (Å²) in [6, 6.07) is 7.17. The van der Waals surface area contributed by atoms with E-state index in [1.165, 1.54) is 0 Å². The monoisotopic (exact) mass is 191 g/mol. The van der Waals surface area contributed by atoms with Crippen molar-refractivity contribution in [3.63, 3.8) is 0 Å². The van der Waals surface area contributed by atoms with Gasteiger partial charge in [0.25, 0.3) is 0 Å². The number of hydrogen-bond donors (Lipinski definition) is 1. The average Bonchev–Trinajstić information content (AvgIpc) is 2.17. The van der Waals surface area contributed by atoms with Crippen LogP contribution >= 0.6 is 0 Å². The highest BCUT2D eigenvalue weighted by Crippen LogP contribution is 2.14. The van der Waals surface area contributed by atoms with Crippen LogP contribution in [0.4, 0.5) is 5.69 Å². The molecule has 0 saturated carbocycles. The van der Waals surface area contributed by atoms with E-state index in [1.54, 1.807) is 12.1 Å². The summed E-state index contributed by atoms with van der Waals surface area (Å²) in [5.74, 6) is 0.635. The van der Waals surface area contributed by atoms with E-state index in [-0.39, 0.29) is 5.78 Å². The summed E-state index contributed by atoms with van der Waals surface area (Å²) in [5.41, 5.74) is 6.99. The first-order chi connectivity index (χ1) is 6.63. The van der Waals surface area contributed by atoms with Gasteiger partial charge in [-0.1, -0.05) is 32.4 Å². The Hall–Kier alpha value is -1.31. The van der Waals surface area contributed by atoms with Gasteiger partial charge in [-0.25, -0.2) is 0 Å². The molecule has 2 nitrogen and oxygen atoms in total. The molecule has 0 heterocycles. The van der Waals surface area contributed by atoms with Crippen LogP contribution in [-0.4, -0.2) is 5.78 Å². The maximum absolute atomic E-state index is 11.7. The highest BCUT2D eigenvalue weighted by atomic mass is 16.1. The van der Waals surface area contributed by atoms with Crippen LogP contribution in [0.25, 0.3) is 0 Å². The maximum Gasteiger partial charge on any atom is 0.163 e. The first-order valence-electron chi connectivity index (χ1n) is 5.02. The Morgan fingerprint density at radius 3 is 2.79 bits per heavy atom. The highest BCUT2D eigenvalue weighted by Gasteiger charge is 2.09. The summed E-state index contributed by atoms with van der Waals surface area (Å²) in [7, 11) is 0. The Labute approximate surface area is 85.1 Å². The van der Waals surface area contributed by atoms with Crippen molar-refractivity contribution in [1.29, 1.82) is 0 Å². The molecule has 1 atom stereocenters. The molecule has 1 rings (SSSR count). The Morgan fingerprint density at radius 1 is 1.50 bits per heavy atom. The minimum Gasteiger partial charge on any atom is -0.399 e. The minimum absolute atomic E-state index is 0.187. The summed E-state index contributed by atoms with van der Waals surface area (Å²) < 4.78 is 0. The van der Waals surface area contributed by atoms with E-state index in [0.29, 0.717) is 18.0 Å². The van der Waals surface area contributed by atoms with Gasteiger partial charge in [0.1, 0.15) is 0 Å². The van der Waals surface area contributed by atoms with Crippen LogP contribution in [0.2, 0.25) is 0 Å². The molecule has 1 aromatic carbocycles. The molecule has 1 unspecified atom stereocenters. The van der Waals surface area contributed by atoms with Crippen LogP contribution in [0.5, 0.6) is 0 Å². The van der Waals surface area contributed by atoms with Gasteiger partial charge in [0.05, 0.1) is 0 Å². The van der Waals surface area contributed by atoms with Gasteiger partial charge in [0.2, 0.25) is 0 Å². The lowest BCUT2D eigenvalue weighted by molar-refractivity contribution is 0.0963. The van der Waals surface area contributed by atoms with Crippen LogP contribution in [0.1, 0.15) is 37.0 Å². The van der Waals surface area contributed by atoms with Crippen molar-refractivity contribution in [2.24, 2.45) is 5.92 Å². The predicted molar refractivity (Wildman–Crippen MR) is 59.3 cm³/mol. The fourth-order valence-electron chi connectivity index (χ4n) is 1.29. The van der Waals surface area contributed by atoms with E-state index in [1.807, 2.05) is 12.1 Å². The molecule has 0 saturated heterocycles. The summed E-state index contributed by atoms with van der Waals surface area (Å²) >= 11 is 0. The Bertz CT molecular complexity index is 320. The third kappa shape index (κ3) is 2.87. The molecule has 0 spiro atoms. The summed E-state index contributed by atoms with van der Waals surface area (Å²) in [6.45, 7) is 4.18. The van der Waals surface area contributed by atoms with Crippen LogP contribution in [0.15, 0.2) is 24.3 Å². The quantitative estimate of drug-likeness (QED) is 0.587. The lowest BCUT2D eigenvalue weighted by Gasteiger charge is -2.07. The van der Waals surface area contributed by atoms with Crippen molar-refractivity contribution in [3.8, 4) is 0 Å². The molecule has 0 aliphatic rings. The van der Waals surface area contributed by atoms with Crippen molar-refractivity contribution in [2.45, 2.75) is 26.7 Å². The zero-order valence-electron chi connectivity index (χ0n) is 8.79. The number of nitrogen functional groups attached to an aromatic ring is 1.